The number of benzene rings is 2. The van der Waals surface area contributed by atoms with E-state index in [0.717, 1.165) is 23.2 Å². The van der Waals surface area contributed by atoms with Gasteiger partial charge in [-0.3, -0.25) is 10.1 Å². The minimum absolute atomic E-state index is 0.0245. The molecule has 1 atom stereocenters. The Hall–Kier alpha value is -2.07. The van der Waals surface area contributed by atoms with Crippen molar-refractivity contribution in [2.45, 2.75) is 26.3 Å². The average Bonchev–Trinajstić information content (AvgIpc) is 2.47. The lowest BCUT2D eigenvalue weighted by molar-refractivity contribution is -0.384. The van der Waals surface area contributed by atoms with Crippen molar-refractivity contribution in [1.82, 2.24) is 0 Å². The third-order valence-corrected chi connectivity index (χ3v) is 3.75. The van der Waals surface area contributed by atoms with E-state index < -0.39 is 0 Å². The van der Waals surface area contributed by atoms with Gasteiger partial charge in [-0.25, -0.2) is 0 Å². The van der Waals surface area contributed by atoms with Gasteiger partial charge in [-0.15, -0.1) is 0 Å². The second kappa shape index (κ2) is 6.59. The van der Waals surface area contributed by atoms with Crippen LogP contribution < -0.4 is 5.32 Å². The van der Waals surface area contributed by atoms with E-state index in [0.29, 0.717) is 5.02 Å². The molecule has 2 rings (SSSR count). The van der Waals surface area contributed by atoms with Crippen molar-refractivity contribution in [1.29, 1.82) is 0 Å². The Kier molecular flexibility index (Phi) is 4.81. The van der Waals surface area contributed by atoms with E-state index in [-0.39, 0.29) is 16.7 Å². The quantitative estimate of drug-likeness (QED) is 0.616. The van der Waals surface area contributed by atoms with Crippen LogP contribution in [0.4, 0.5) is 11.4 Å². The maximum Gasteiger partial charge on any atom is 0.269 e. The molecule has 0 fully saturated rings. The van der Waals surface area contributed by atoms with Crippen LogP contribution in [0.2, 0.25) is 5.02 Å². The molecule has 0 amide bonds. The van der Waals surface area contributed by atoms with Crippen LogP contribution in [-0.2, 0) is 0 Å². The van der Waals surface area contributed by atoms with E-state index in [1.807, 2.05) is 38.1 Å². The second-order valence-corrected chi connectivity index (χ2v) is 5.30. The summed E-state index contributed by atoms with van der Waals surface area (Å²) in [6.07, 6.45) is 0.797. The van der Waals surface area contributed by atoms with Gasteiger partial charge in [0.1, 0.15) is 0 Å². The topological polar surface area (TPSA) is 55.2 Å². The Labute approximate surface area is 128 Å². The lowest BCUT2D eigenvalue weighted by atomic mass is 10.0. The van der Waals surface area contributed by atoms with Crippen LogP contribution in [0.5, 0.6) is 0 Å². The van der Waals surface area contributed by atoms with Gasteiger partial charge in [0.2, 0.25) is 0 Å². The van der Waals surface area contributed by atoms with Crippen molar-refractivity contribution in [2.75, 3.05) is 5.32 Å². The van der Waals surface area contributed by atoms with E-state index >= 15 is 0 Å². The third kappa shape index (κ3) is 3.52. The highest BCUT2D eigenvalue weighted by Gasteiger charge is 2.15. The minimum atomic E-state index is -0.378. The van der Waals surface area contributed by atoms with E-state index in [1.165, 1.54) is 6.07 Å². The number of nitrogens with zero attached hydrogens (tertiary/aromatic N) is 1. The fraction of sp³-hybridized carbons (Fsp3) is 0.250. The summed E-state index contributed by atoms with van der Waals surface area (Å²) in [5, 5.41) is 14.9. The molecule has 21 heavy (non-hydrogen) atoms. The fourth-order valence-electron chi connectivity index (χ4n) is 2.27. The van der Waals surface area contributed by atoms with Crippen molar-refractivity contribution in [3.8, 4) is 0 Å². The lowest BCUT2D eigenvalue weighted by Crippen LogP contribution is -2.11. The summed E-state index contributed by atoms with van der Waals surface area (Å²) >= 11 is 6.23. The Morgan fingerprint density at radius 3 is 2.62 bits per heavy atom. The number of hydrogen-bond donors (Lipinski definition) is 1. The Morgan fingerprint density at radius 1 is 1.29 bits per heavy atom. The molecule has 0 spiro atoms. The van der Waals surface area contributed by atoms with E-state index in [9.17, 15) is 10.1 Å². The van der Waals surface area contributed by atoms with Gasteiger partial charge in [-0.05, 0) is 30.5 Å². The number of para-hydroxylation sites is 1. The van der Waals surface area contributed by atoms with Gasteiger partial charge >= 0.3 is 0 Å². The first-order valence-electron chi connectivity index (χ1n) is 6.79. The summed E-state index contributed by atoms with van der Waals surface area (Å²) in [5.74, 6) is 0. The predicted octanol–water partition coefficient (Wildman–Crippen LogP) is 5.12. The number of rotatable bonds is 5. The molecule has 0 aromatic heterocycles. The van der Waals surface area contributed by atoms with E-state index in [2.05, 4.69) is 5.32 Å². The van der Waals surface area contributed by atoms with Gasteiger partial charge in [0.25, 0.3) is 5.69 Å². The molecule has 0 aliphatic carbocycles. The van der Waals surface area contributed by atoms with Crippen LogP contribution in [0.25, 0.3) is 0 Å². The molecule has 4 nitrogen and oxygen atoms in total. The monoisotopic (exact) mass is 304 g/mol. The number of anilines is 1. The van der Waals surface area contributed by atoms with Crippen molar-refractivity contribution in [3.05, 3.63) is 68.7 Å². The summed E-state index contributed by atoms with van der Waals surface area (Å²) < 4.78 is 0. The van der Waals surface area contributed by atoms with Crippen LogP contribution in [0.3, 0.4) is 0 Å². The van der Waals surface area contributed by atoms with Crippen molar-refractivity contribution >= 4 is 23.0 Å². The average molecular weight is 305 g/mol. The van der Waals surface area contributed by atoms with Gasteiger partial charge in [-0.1, -0.05) is 42.8 Å². The zero-order chi connectivity index (χ0) is 15.4. The largest absolute Gasteiger partial charge is 0.377 e. The fourth-order valence-corrected chi connectivity index (χ4v) is 2.54. The van der Waals surface area contributed by atoms with Crippen molar-refractivity contribution in [3.63, 3.8) is 0 Å². The normalized spacial score (nSPS) is 12.0. The van der Waals surface area contributed by atoms with Gasteiger partial charge in [0.15, 0.2) is 0 Å². The molecule has 2 aromatic rings. The molecule has 5 heteroatoms. The number of nitro groups is 1. The number of aryl methyl sites for hydroxylation is 1. The summed E-state index contributed by atoms with van der Waals surface area (Å²) in [7, 11) is 0. The molecule has 0 saturated heterocycles. The molecule has 1 N–H and O–H groups in total. The molecule has 0 heterocycles. The Morgan fingerprint density at radius 2 is 2.00 bits per heavy atom. The van der Waals surface area contributed by atoms with Gasteiger partial charge in [-0.2, -0.15) is 0 Å². The summed E-state index contributed by atoms with van der Waals surface area (Å²) in [4.78, 5) is 10.5. The smallest absolute Gasteiger partial charge is 0.269 e. The number of non-ortho nitro benzene ring substituents is 1. The zero-order valence-electron chi connectivity index (χ0n) is 12.0. The summed E-state index contributed by atoms with van der Waals surface area (Å²) in [6.45, 7) is 4.01. The predicted molar refractivity (Wildman–Crippen MR) is 85.9 cm³/mol. The first-order valence-corrected chi connectivity index (χ1v) is 7.16. The van der Waals surface area contributed by atoms with Crippen LogP contribution in [0.15, 0.2) is 42.5 Å². The number of nitrogens with one attached hydrogen (secondary N) is 1. The maximum atomic E-state index is 10.9. The van der Waals surface area contributed by atoms with Gasteiger partial charge in [0, 0.05) is 12.1 Å². The molecule has 110 valence electrons. The van der Waals surface area contributed by atoms with Crippen LogP contribution in [0.1, 0.15) is 30.5 Å². The highest BCUT2D eigenvalue weighted by molar-refractivity contribution is 6.33. The third-order valence-electron chi connectivity index (χ3n) is 3.43. The second-order valence-electron chi connectivity index (χ2n) is 4.89. The molecule has 0 aliphatic rings. The zero-order valence-corrected chi connectivity index (χ0v) is 12.7. The van der Waals surface area contributed by atoms with Gasteiger partial charge < -0.3 is 5.32 Å². The van der Waals surface area contributed by atoms with Crippen LogP contribution in [0, 0.1) is 17.0 Å². The summed E-state index contributed by atoms with van der Waals surface area (Å²) in [5.41, 5.74) is 2.90. The van der Waals surface area contributed by atoms with Crippen molar-refractivity contribution < 1.29 is 4.92 Å². The van der Waals surface area contributed by atoms with Crippen LogP contribution >= 0.6 is 11.6 Å². The van der Waals surface area contributed by atoms with E-state index in [4.69, 9.17) is 11.6 Å². The van der Waals surface area contributed by atoms with Crippen LogP contribution in [-0.4, -0.2) is 4.92 Å². The standard InChI is InChI=1S/C16H17ClN2O2/c1-3-15(12-7-5-8-13(10-12)19(20)21)18-16-11(2)6-4-9-14(16)17/h4-10,15,18H,3H2,1-2H3. The Bertz CT molecular complexity index is 638. The molecule has 0 radical (unpaired) electrons. The lowest BCUT2D eigenvalue weighted by Gasteiger charge is -2.21. The molecule has 1 unspecified atom stereocenters. The number of halogens is 1. The number of hydrogen-bond acceptors (Lipinski definition) is 3. The highest BCUT2D eigenvalue weighted by atomic mass is 35.5. The highest BCUT2D eigenvalue weighted by Crippen LogP contribution is 2.31. The molecular weight excluding hydrogens is 288 g/mol. The number of nitro benzene ring substituents is 1. The van der Waals surface area contributed by atoms with Crippen molar-refractivity contribution in [2.24, 2.45) is 0 Å². The molecule has 0 aliphatic heterocycles. The van der Waals surface area contributed by atoms with Gasteiger partial charge in [0.05, 0.1) is 21.7 Å². The molecule has 0 bridgehead atoms. The molecule has 0 saturated carbocycles. The SMILES string of the molecule is CCC(Nc1c(C)cccc1Cl)c1cccc([N+](=O)[O-])c1. The first-order chi connectivity index (χ1) is 10.0. The minimum Gasteiger partial charge on any atom is -0.377 e. The maximum absolute atomic E-state index is 10.9. The summed E-state index contributed by atoms with van der Waals surface area (Å²) in [6, 6.07) is 12.4. The van der Waals surface area contributed by atoms with E-state index in [1.54, 1.807) is 12.1 Å². The first kappa shape index (κ1) is 15.3. The Balaban J connectivity index is 2.32. The molecule has 2 aromatic carbocycles. The molecular formula is C16H17ClN2O2.